The Hall–Kier alpha value is -3.15. The van der Waals surface area contributed by atoms with Gasteiger partial charge in [-0.25, -0.2) is 4.98 Å². The van der Waals surface area contributed by atoms with Crippen molar-refractivity contribution >= 4 is 16.8 Å². The zero-order valence-corrected chi connectivity index (χ0v) is 15.1. The molecule has 138 valence electrons. The van der Waals surface area contributed by atoms with Gasteiger partial charge in [0.1, 0.15) is 11.6 Å². The van der Waals surface area contributed by atoms with E-state index in [-0.39, 0.29) is 23.9 Å². The standard InChI is InChI=1S/C21H21N3O3/c1-24-19(22-16-8-4-2-7-15(16)21(24)26)10-11-20(25)23-17-12-13-27-18-9-5-3-6-14(17)18/h2-9,17H,10-13H2,1H3,(H,23,25)/t17-/m0/s1. The van der Waals surface area contributed by atoms with E-state index in [1.54, 1.807) is 13.1 Å². The highest BCUT2D eigenvalue weighted by Gasteiger charge is 2.22. The largest absolute Gasteiger partial charge is 0.493 e. The fourth-order valence-electron chi connectivity index (χ4n) is 3.47. The first-order valence-corrected chi connectivity index (χ1v) is 9.09. The second kappa shape index (κ2) is 7.23. The smallest absolute Gasteiger partial charge is 0.261 e. The van der Waals surface area contributed by atoms with Crippen molar-refractivity contribution in [3.8, 4) is 5.75 Å². The second-order valence-corrected chi connectivity index (χ2v) is 6.70. The number of hydrogen-bond acceptors (Lipinski definition) is 4. The van der Waals surface area contributed by atoms with Crippen molar-refractivity contribution < 1.29 is 9.53 Å². The van der Waals surface area contributed by atoms with Gasteiger partial charge in [-0.15, -0.1) is 0 Å². The average Bonchev–Trinajstić information content (AvgIpc) is 2.70. The molecule has 0 unspecified atom stereocenters. The van der Waals surface area contributed by atoms with Gasteiger partial charge in [0.05, 0.1) is 23.6 Å². The molecule has 1 aliphatic rings. The van der Waals surface area contributed by atoms with Crippen LogP contribution in [0.15, 0.2) is 53.3 Å². The summed E-state index contributed by atoms with van der Waals surface area (Å²) in [6.07, 6.45) is 1.43. The van der Waals surface area contributed by atoms with Gasteiger partial charge in [0, 0.05) is 31.9 Å². The fourth-order valence-corrected chi connectivity index (χ4v) is 3.47. The lowest BCUT2D eigenvalue weighted by atomic mass is 10.0. The number of hydrogen-bond donors (Lipinski definition) is 1. The highest BCUT2D eigenvalue weighted by atomic mass is 16.5. The van der Waals surface area contributed by atoms with Crippen LogP contribution in [0.2, 0.25) is 0 Å². The van der Waals surface area contributed by atoms with Crippen LogP contribution in [0.5, 0.6) is 5.75 Å². The van der Waals surface area contributed by atoms with Crippen molar-refractivity contribution in [2.24, 2.45) is 7.05 Å². The summed E-state index contributed by atoms with van der Waals surface area (Å²) in [4.78, 5) is 29.5. The maximum absolute atomic E-state index is 12.5. The highest BCUT2D eigenvalue weighted by molar-refractivity contribution is 5.78. The molecule has 1 aliphatic heterocycles. The first kappa shape index (κ1) is 17.3. The molecular formula is C21H21N3O3. The maximum Gasteiger partial charge on any atom is 0.261 e. The number of aromatic nitrogens is 2. The molecule has 2 aromatic carbocycles. The third kappa shape index (κ3) is 3.43. The molecule has 1 N–H and O–H groups in total. The molecule has 6 nitrogen and oxygen atoms in total. The van der Waals surface area contributed by atoms with Gasteiger partial charge in [-0.3, -0.25) is 14.2 Å². The molecule has 0 aliphatic carbocycles. The van der Waals surface area contributed by atoms with E-state index in [1.165, 1.54) is 4.57 Å². The maximum atomic E-state index is 12.5. The van der Waals surface area contributed by atoms with E-state index in [9.17, 15) is 9.59 Å². The van der Waals surface area contributed by atoms with Gasteiger partial charge in [-0.05, 0) is 18.2 Å². The average molecular weight is 363 g/mol. The second-order valence-electron chi connectivity index (χ2n) is 6.70. The Bertz CT molecular complexity index is 1060. The summed E-state index contributed by atoms with van der Waals surface area (Å²) in [5.41, 5.74) is 1.58. The summed E-state index contributed by atoms with van der Waals surface area (Å²) < 4.78 is 7.16. The number of carbonyl (C=O) groups excluding carboxylic acids is 1. The van der Waals surface area contributed by atoms with Crippen molar-refractivity contribution in [3.05, 3.63) is 70.3 Å². The van der Waals surface area contributed by atoms with Gasteiger partial charge in [-0.2, -0.15) is 0 Å². The molecule has 0 saturated heterocycles. The molecule has 1 aromatic heterocycles. The summed E-state index contributed by atoms with van der Waals surface area (Å²) in [7, 11) is 1.70. The minimum Gasteiger partial charge on any atom is -0.493 e. The number of nitrogens with zero attached hydrogens (tertiary/aromatic N) is 2. The molecule has 1 atom stereocenters. The summed E-state index contributed by atoms with van der Waals surface area (Å²) >= 11 is 0. The van der Waals surface area contributed by atoms with E-state index in [1.807, 2.05) is 42.5 Å². The lowest BCUT2D eigenvalue weighted by molar-refractivity contribution is -0.122. The quantitative estimate of drug-likeness (QED) is 0.773. The van der Waals surface area contributed by atoms with Gasteiger partial charge in [0.2, 0.25) is 5.91 Å². The predicted octanol–water partition coefficient (Wildman–Crippen LogP) is 2.51. The van der Waals surface area contributed by atoms with Crippen molar-refractivity contribution in [2.75, 3.05) is 6.61 Å². The Morgan fingerprint density at radius 2 is 2.00 bits per heavy atom. The Balaban J connectivity index is 1.47. The van der Waals surface area contributed by atoms with Crippen molar-refractivity contribution in [3.63, 3.8) is 0 Å². The first-order chi connectivity index (χ1) is 13.1. The summed E-state index contributed by atoms with van der Waals surface area (Å²) in [6, 6.07) is 15.0. The minimum absolute atomic E-state index is 0.0455. The molecule has 1 amide bonds. The van der Waals surface area contributed by atoms with Crippen LogP contribution in [-0.2, 0) is 18.3 Å². The molecule has 0 fully saturated rings. The number of aryl methyl sites for hydroxylation is 1. The molecule has 2 heterocycles. The minimum atomic E-state index is -0.0886. The number of para-hydroxylation sites is 2. The van der Waals surface area contributed by atoms with E-state index in [4.69, 9.17) is 4.74 Å². The number of nitrogens with one attached hydrogen (secondary N) is 1. The van der Waals surface area contributed by atoms with Gasteiger partial charge < -0.3 is 10.1 Å². The lowest BCUT2D eigenvalue weighted by Gasteiger charge is -2.26. The van der Waals surface area contributed by atoms with E-state index >= 15 is 0 Å². The van der Waals surface area contributed by atoms with Gasteiger partial charge in [0.15, 0.2) is 0 Å². The summed E-state index contributed by atoms with van der Waals surface area (Å²) in [5.74, 6) is 1.38. The van der Waals surface area contributed by atoms with Crippen LogP contribution in [0.25, 0.3) is 10.9 Å². The van der Waals surface area contributed by atoms with Crippen LogP contribution in [0.4, 0.5) is 0 Å². The molecular weight excluding hydrogens is 342 g/mol. The topological polar surface area (TPSA) is 73.2 Å². The number of fused-ring (bicyclic) bond motifs is 2. The Morgan fingerprint density at radius 1 is 1.22 bits per heavy atom. The number of carbonyl (C=O) groups is 1. The van der Waals surface area contributed by atoms with Crippen molar-refractivity contribution in [1.29, 1.82) is 0 Å². The first-order valence-electron chi connectivity index (χ1n) is 9.09. The van der Waals surface area contributed by atoms with Crippen LogP contribution in [-0.4, -0.2) is 22.1 Å². The molecule has 27 heavy (non-hydrogen) atoms. The molecule has 4 rings (SSSR count). The van der Waals surface area contributed by atoms with Gasteiger partial charge >= 0.3 is 0 Å². The van der Waals surface area contributed by atoms with Crippen LogP contribution in [0.1, 0.15) is 30.3 Å². The van der Waals surface area contributed by atoms with Crippen LogP contribution >= 0.6 is 0 Å². The summed E-state index contributed by atoms with van der Waals surface area (Å²) in [6.45, 7) is 0.586. The number of amides is 1. The Morgan fingerprint density at radius 3 is 2.89 bits per heavy atom. The van der Waals surface area contributed by atoms with Crippen molar-refractivity contribution in [2.45, 2.75) is 25.3 Å². The Kier molecular flexibility index (Phi) is 4.62. The number of rotatable bonds is 4. The third-order valence-electron chi connectivity index (χ3n) is 4.95. The van der Waals surface area contributed by atoms with E-state index < -0.39 is 0 Å². The summed E-state index contributed by atoms with van der Waals surface area (Å²) in [5, 5.41) is 3.67. The van der Waals surface area contributed by atoms with Crippen LogP contribution in [0.3, 0.4) is 0 Å². The molecule has 0 saturated carbocycles. The third-order valence-corrected chi connectivity index (χ3v) is 4.95. The lowest BCUT2D eigenvalue weighted by Crippen LogP contribution is -2.32. The van der Waals surface area contributed by atoms with Crippen molar-refractivity contribution in [1.82, 2.24) is 14.9 Å². The molecule has 0 bridgehead atoms. The van der Waals surface area contributed by atoms with E-state index in [0.717, 1.165) is 17.7 Å². The molecule has 3 aromatic rings. The fraction of sp³-hybridized carbons (Fsp3) is 0.286. The van der Waals surface area contributed by atoms with Gasteiger partial charge in [-0.1, -0.05) is 30.3 Å². The van der Waals surface area contributed by atoms with Crippen LogP contribution < -0.4 is 15.6 Å². The Labute approximate surface area is 156 Å². The monoisotopic (exact) mass is 363 g/mol. The molecule has 0 radical (unpaired) electrons. The van der Waals surface area contributed by atoms with Gasteiger partial charge in [0.25, 0.3) is 5.56 Å². The highest BCUT2D eigenvalue weighted by Crippen LogP contribution is 2.31. The zero-order valence-electron chi connectivity index (χ0n) is 15.1. The van der Waals surface area contributed by atoms with Crippen LogP contribution in [0, 0.1) is 0 Å². The van der Waals surface area contributed by atoms with E-state index in [0.29, 0.717) is 29.8 Å². The van der Waals surface area contributed by atoms with E-state index in [2.05, 4.69) is 10.3 Å². The predicted molar refractivity (Wildman–Crippen MR) is 103 cm³/mol. The number of benzene rings is 2. The SMILES string of the molecule is Cn1c(CCC(=O)N[C@H]2CCOc3ccccc32)nc2ccccc2c1=O. The molecule has 0 spiro atoms. The normalized spacial score (nSPS) is 15.8. The zero-order chi connectivity index (χ0) is 18.8. The molecule has 6 heteroatoms. The number of ether oxygens (including phenoxy) is 1.